The fourth-order valence-corrected chi connectivity index (χ4v) is 2.12. The Balaban J connectivity index is 3.12. The monoisotopic (exact) mass is 263 g/mol. The van der Waals surface area contributed by atoms with Gasteiger partial charge in [0.2, 0.25) is 0 Å². The van der Waals surface area contributed by atoms with E-state index in [-0.39, 0.29) is 0 Å². The highest BCUT2D eigenvalue weighted by atomic mass is 79.9. The van der Waals surface area contributed by atoms with Crippen LogP contribution in [0.2, 0.25) is 5.02 Å². The summed E-state index contributed by atoms with van der Waals surface area (Å²) in [6.07, 6.45) is -0.615. The lowest BCUT2D eigenvalue weighted by atomic mass is 10.0. The van der Waals surface area contributed by atoms with Crippen molar-refractivity contribution >= 4 is 27.5 Å². The number of aliphatic hydroxyl groups is 1. The van der Waals surface area contributed by atoms with Crippen molar-refractivity contribution in [1.29, 1.82) is 0 Å². The number of benzene rings is 1. The molecule has 0 aromatic heterocycles. The number of aliphatic hydroxyl groups excluding tert-OH is 1. The third kappa shape index (κ3) is 2.44. The van der Waals surface area contributed by atoms with Crippen LogP contribution in [0.25, 0.3) is 0 Å². The van der Waals surface area contributed by atoms with E-state index >= 15 is 0 Å². The van der Waals surface area contributed by atoms with Crippen LogP contribution in [0.5, 0.6) is 0 Å². The first-order valence-corrected chi connectivity index (χ1v) is 5.08. The Labute approximate surface area is 90.8 Å². The fourth-order valence-electron chi connectivity index (χ4n) is 1.07. The second-order valence-electron chi connectivity index (χ2n) is 2.90. The van der Waals surface area contributed by atoms with Crippen molar-refractivity contribution in [2.75, 3.05) is 0 Å². The van der Waals surface area contributed by atoms with Gasteiger partial charge in [-0.2, -0.15) is 0 Å². The Kier molecular flexibility index (Phi) is 3.74. The maximum absolute atomic E-state index is 9.32. The second kappa shape index (κ2) is 4.42. The van der Waals surface area contributed by atoms with Crippen LogP contribution < -0.4 is 5.73 Å². The van der Waals surface area contributed by atoms with E-state index in [1.165, 1.54) is 0 Å². The maximum Gasteiger partial charge on any atom is 0.0705 e. The largest absolute Gasteiger partial charge is 0.391 e. The van der Waals surface area contributed by atoms with Gasteiger partial charge in [0.1, 0.15) is 0 Å². The molecular weight excluding hydrogens is 253 g/mol. The van der Waals surface area contributed by atoms with Gasteiger partial charge in [0, 0.05) is 15.1 Å². The van der Waals surface area contributed by atoms with Crippen molar-refractivity contribution < 1.29 is 5.11 Å². The van der Waals surface area contributed by atoms with Crippen LogP contribution in [0.15, 0.2) is 22.7 Å². The highest BCUT2D eigenvalue weighted by Crippen LogP contribution is 2.30. The zero-order valence-electron chi connectivity index (χ0n) is 7.17. The number of nitrogens with two attached hydrogens (primary N) is 1. The van der Waals surface area contributed by atoms with Crippen LogP contribution >= 0.6 is 27.5 Å². The van der Waals surface area contributed by atoms with Gasteiger partial charge in [0.05, 0.1) is 12.1 Å². The van der Waals surface area contributed by atoms with Crippen LogP contribution in [0, 0.1) is 0 Å². The Hall–Kier alpha value is -0.0900. The zero-order chi connectivity index (χ0) is 10.0. The molecule has 2 nitrogen and oxygen atoms in total. The van der Waals surface area contributed by atoms with E-state index in [0.717, 1.165) is 10.0 Å². The predicted molar refractivity (Wildman–Crippen MR) is 57.8 cm³/mol. The Morgan fingerprint density at radius 3 is 2.62 bits per heavy atom. The van der Waals surface area contributed by atoms with Crippen molar-refractivity contribution in [1.82, 2.24) is 0 Å². The lowest BCUT2D eigenvalue weighted by molar-refractivity contribution is 0.164. The molecule has 13 heavy (non-hydrogen) atoms. The minimum Gasteiger partial charge on any atom is -0.391 e. The molecule has 0 unspecified atom stereocenters. The average Bonchev–Trinajstić information content (AvgIpc) is 2.03. The summed E-state index contributed by atoms with van der Waals surface area (Å²) >= 11 is 9.29. The van der Waals surface area contributed by atoms with Crippen molar-refractivity contribution in [3.05, 3.63) is 33.3 Å². The molecule has 1 rings (SSSR count). The molecule has 2 atom stereocenters. The van der Waals surface area contributed by atoms with Gasteiger partial charge in [-0.1, -0.05) is 33.6 Å². The van der Waals surface area contributed by atoms with E-state index in [1.54, 1.807) is 13.0 Å². The average molecular weight is 265 g/mol. The Morgan fingerprint density at radius 1 is 1.54 bits per heavy atom. The van der Waals surface area contributed by atoms with Gasteiger partial charge in [0.15, 0.2) is 0 Å². The van der Waals surface area contributed by atoms with Crippen LogP contribution in [0.4, 0.5) is 0 Å². The molecule has 0 fully saturated rings. The van der Waals surface area contributed by atoms with Crippen LogP contribution in [0.3, 0.4) is 0 Å². The molecule has 0 saturated carbocycles. The minimum absolute atomic E-state index is 0.455. The van der Waals surface area contributed by atoms with Gasteiger partial charge in [0.25, 0.3) is 0 Å². The summed E-state index contributed by atoms with van der Waals surface area (Å²) in [6, 6.07) is 4.97. The summed E-state index contributed by atoms with van der Waals surface area (Å²) in [7, 11) is 0. The summed E-state index contributed by atoms with van der Waals surface area (Å²) in [6.45, 7) is 1.64. The summed E-state index contributed by atoms with van der Waals surface area (Å²) in [4.78, 5) is 0. The molecule has 0 aliphatic heterocycles. The normalized spacial score (nSPS) is 15.5. The zero-order valence-corrected chi connectivity index (χ0v) is 9.51. The molecule has 0 aliphatic carbocycles. The van der Waals surface area contributed by atoms with Crippen LogP contribution in [0.1, 0.15) is 18.5 Å². The molecule has 4 heteroatoms. The van der Waals surface area contributed by atoms with E-state index in [9.17, 15) is 5.11 Å². The highest BCUT2D eigenvalue weighted by molar-refractivity contribution is 9.10. The summed E-state index contributed by atoms with van der Waals surface area (Å²) < 4.78 is 0.827. The van der Waals surface area contributed by atoms with Crippen molar-refractivity contribution in [2.24, 2.45) is 5.73 Å². The van der Waals surface area contributed by atoms with Gasteiger partial charge in [-0.25, -0.2) is 0 Å². The van der Waals surface area contributed by atoms with Crippen molar-refractivity contribution in [2.45, 2.75) is 19.1 Å². The van der Waals surface area contributed by atoms with Gasteiger partial charge in [-0.15, -0.1) is 0 Å². The molecule has 1 aromatic rings. The van der Waals surface area contributed by atoms with Gasteiger partial charge >= 0.3 is 0 Å². The Morgan fingerprint density at radius 2 is 2.15 bits per heavy atom. The second-order valence-corrected chi connectivity index (χ2v) is 4.16. The summed E-state index contributed by atoms with van der Waals surface area (Å²) in [5.74, 6) is 0. The van der Waals surface area contributed by atoms with Gasteiger partial charge in [-0.3, -0.25) is 0 Å². The standard InChI is InChI=1S/C9H11BrClNO/c1-5(13)9(12)8-6(10)3-2-4-7(8)11/h2-5,9,13H,12H2,1H3/t5-,9-/m0/s1. The quantitative estimate of drug-likeness (QED) is 0.862. The first-order chi connectivity index (χ1) is 6.04. The Bertz CT molecular complexity index is 283. The van der Waals surface area contributed by atoms with Gasteiger partial charge < -0.3 is 10.8 Å². The molecule has 0 saturated heterocycles. The first-order valence-electron chi connectivity index (χ1n) is 3.91. The maximum atomic E-state index is 9.32. The topological polar surface area (TPSA) is 46.2 Å². The third-order valence-corrected chi connectivity index (χ3v) is 2.87. The molecule has 1 aromatic carbocycles. The lowest BCUT2D eigenvalue weighted by Gasteiger charge is -2.17. The number of hydrogen-bond acceptors (Lipinski definition) is 2. The number of halogens is 2. The lowest BCUT2D eigenvalue weighted by Crippen LogP contribution is -2.23. The molecule has 0 heterocycles. The van der Waals surface area contributed by atoms with Crippen molar-refractivity contribution in [3.8, 4) is 0 Å². The van der Waals surface area contributed by atoms with Crippen LogP contribution in [-0.2, 0) is 0 Å². The van der Waals surface area contributed by atoms with E-state index in [1.807, 2.05) is 12.1 Å². The summed E-state index contributed by atoms with van der Waals surface area (Å²) in [5, 5.41) is 9.89. The van der Waals surface area contributed by atoms with Gasteiger partial charge in [-0.05, 0) is 19.1 Å². The third-order valence-electron chi connectivity index (χ3n) is 1.85. The molecule has 0 aliphatic rings. The molecule has 0 amide bonds. The molecular formula is C9H11BrClNO. The van der Waals surface area contributed by atoms with E-state index in [2.05, 4.69) is 15.9 Å². The van der Waals surface area contributed by atoms with Crippen LogP contribution in [-0.4, -0.2) is 11.2 Å². The minimum atomic E-state index is -0.615. The fraction of sp³-hybridized carbons (Fsp3) is 0.333. The number of rotatable bonds is 2. The first kappa shape index (κ1) is 11.0. The molecule has 3 N–H and O–H groups in total. The van der Waals surface area contributed by atoms with E-state index in [4.69, 9.17) is 17.3 Å². The van der Waals surface area contributed by atoms with Crippen molar-refractivity contribution in [3.63, 3.8) is 0 Å². The molecule has 72 valence electrons. The smallest absolute Gasteiger partial charge is 0.0705 e. The predicted octanol–water partition coefficient (Wildman–Crippen LogP) is 2.48. The SMILES string of the molecule is C[C@H](O)[C@H](N)c1c(Cl)cccc1Br. The molecule has 0 spiro atoms. The molecule has 0 bridgehead atoms. The highest BCUT2D eigenvalue weighted by Gasteiger charge is 2.17. The molecule has 0 radical (unpaired) electrons. The summed E-state index contributed by atoms with van der Waals surface area (Å²) in [5.41, 5.74) is 6.52. The van der Waals surface area contributed by atoms with E-state index < -0.39 is 12.1 Å². The van der Waals surface area contributed by atoms with E-state index in [0.29, 0.717) is 5.02 Å². The number of hydrogen-bond donors (Lipinski definition) is 2.